The molecule has 3 aromatic rings. The molecular formula is C66H101BF2N10O9S+2. The number of halogens is 2. The van der Waals surface area contributed by atoms with Crippen LogP contribution in [0.25, 0.3) is 18.2 Å². The molecule has 1 saturated heterocycles. The SMILES string of the molecule is C=C1CCC(=O)N1CC(=O)CCCCCN(C)CCNC(=O)C(CCCC[N+](C)(C)C)NC(=O)C(CCCC[N+](C)(C)C)NC(=O)CCCOc1ccc(/C=C/c2cc(CCCS(=O)(=O)O)c3n2[B-](F)(F)[N+]2=C(c4ccc(C)[nH]4)C=C(CCCC)C2=C3)cc1. The second-order valence-corrected chi connectivity index (χ2v) is 28.1. The number of H-pyrrole nitrogens is 1. The van der Waals surface area contributed by atoms with Crippen molar-refractivity contribution in [3.05, 3.63) is 106 Å². The summed E-state index contributed by atoms with van der Waals surface area (Å²) in [5, 5.41) is 9.04. The minimum Gasteiger partial charge on any atom is -0.494 e. The van der Waals surface area contributed by atoms with Crippen LogP contribution >= 0.6 is 0 Å². The highest BCUT2D eigenvalue weighted by atomic mass is 32.2. The molecule has 2 unspecified atom stereocenters. The van der Waals surface area contributed by atoms with E-state index in [4.69, 9.17) is 4.74 Å². The number of hydrogen-bond donors (Lipinski definition) is 5. The summed E-state index contributed by atoms with van der Waals surface area (Å²) in [6, 6.07) is 10.8. The van der Waals surface area contributed by atoms with Gasteiger partial charge >= 0.3 is 6.97 Å². The molecular weight excluding hydrogens is 1160 g/mol. The number of likely N-dealkylation sites (tertiary alicyclic amines) is 1. The van der Waals surface area contributed by atoms with E-state index in [1.165, 1.54) is 4.90 Å². The molecule has 0 radical (unpaired) electrons. The average molecular weight is 1260 g/mol. The normalized spacial score (nSPS) is 15.8. The Bertz CT molecular complexity index is 3180. The summed E-state index contributed by atoms with van der Waals surface area (Å²) in [7, 11) is 10.4. The fourth-order valence-corrected chi connectivity index (χ4v) is 12.0. The van der Waals surface area contributed by atoms with Gasteiger partial charge in [-0.1, -0.05) is 44.6 Å². The van der Waals surface area contributed by atoms with Crippen LogP contribution in [0, 0.1) is 6.92 Å². The molecule has 2 aromatic heterocycles. The zero-order chi connectivity index (χ0) is 65.1. The number of aromatic amines is 1. The quantitative estimate of drug-likeness (QED) is 0.0158. The topological polar surface area (TPSA) is 215 Å². The Morgan fingerprint density at radius 3 is 2.13 bits per heavy atom. The molecule has 2 atom stereocenters. The lowest BCUT2D eigenvalue weighted by Gasteiger charge is -2.31. The Morgan fingerprint density at radius 1 is 0.831 bits per heavy atom. The Balaban J connectivity index is 1.04. The minimum atomic E-state index is -4.46. The van der Waals surface area contributed by atoms with Gasteiger partial charge in [0.15, 0.2) is 17.2 Å². The third kappa shape index (κ3) is 22.7. The van der Waals surface area contributed by atoms with E-state index >= 15 is 8.63 Å². The predicted molar refractivity (Wildman–Crippen MR) is 350 cm³/mol. The van der Waals surface area contributed by atoms with Gasteiger partial charge in [-0.05, 0) is 158 Å². The van der Waals surface area contributed by atoms with Crippen LogP contribution in [0.3, 0.4) is 0 Å². The van der Waals surface area contributed by atoms with E-state index < -0.39 is 40.8 Å². The van der Waals surface area contributed by atoms with Crippen LogP contribution in [0.1, 0.15) is 156 Å². The number of nitrogens with zero attached hydrogens (tertiary/aromatic N) is 6. The number of rotatable bonds is 40. The van der Waals surface area contributed by atoms with Crippen molar-refractivity contribution in [1.29, 1.82) is 0 Å². The monoisotopic (exact) mass is 1260 g/mol. The van der Waals surface area contributed by atoms with Gasteiger partial charge in [0.25, 0.3) is 10.1 Å². The highest BCUT2D eigenvalue weighted by molar-refractivity contribution is 7.85. The van der Waals surface area contributed by atoms with Crippen LogP contribution in [-0.2, 0) is 40.5 Å². The molecule has 1 aromatic carbocycles. The van der Waals surface area contributed by atoms with E-state index in [0.717, 1.165) is 93.8 Å². The molecule has 3 aliphatic heterocycles. The summed E-state index contributed by atoms with van der Waals surface area (Å²) < 4.78 is 77.5. The van der Waals surface area contributed by atoms with E-state index in [1.807, 2.05) is 26.1 Å². The number of nitrogens with one attached hydrogen (secondary N) is 4. The van der Waals surface area contributed by atoms with Gasteiger partial charge in [-0.2, -0.15) is 8.42 Å². The summed E-state index contributed by atoms with van der Waals surface area (Å²) in [6.07, 6.45) is 17.7. The summed E-state index contributed by atoms with van der Waals surface area (Å²) in [4.78, 5) is 73.1. The van der Waals surface area contributed by atoms with Crippen molar-refractivity contribution >= 4 is 70.4 Å². The van der Waals surface area contributed by atoms with Crippen LogP contribution in [0.15, 0.2) is 72.1 Å². The van der Waals surface area contributed by atoms with Crippen molar-refractivity contribution in [3.63, 3.8) is 0 Å². The number of likely N-dealkylation sites (N-methyl/N-ethyl adjacent to an activating group) is 1. The van der Waals surface area contributed by atoms with Gasteiger partial charge < -0.3 is 62.0 Å². The number of hydrogen-bond acceptors (Lipinski definition) is 9. The van der Waals surface area contributed by atoms with Gasteiger partial charge in [0.1, 0.15) is 23.5 Å². The fourth-order valence-electron chi connectivity index (χ4n) is 11.5. The Labute approximate surface area is 527 Å². The number of allylic oxidation sites excluding steroid dienone is 3. The molecule has 5 N–H and O–H groups in total. The highest BCUT2D eigenvalue weighted by Crippen LogP contribution is 2.40. The minimum absolute atomic E-state index is 0.0375. The first-order chi connectivity index (χ1) is 42.0. The molecule has 490 valence electrons. The van der Waals surface area contributed by atoms with E-state index in [-0.39, 0.29) is 61.6 Å². The number of carbonyl (C=O) groups is 5. The Kier molecular flexibility index (Phi) is 26.5. The predicted octanol–water partition coefficient (Wildman–Crippen LogP) is 8.52. The molecule has 89 heavy (non-hydrogen) atoms. The van der Waals surface area contributed by atoms with E-state index in [2.05, 4.69) is 81.6 Å². The number of quaternary nitrogens is 2. The maximum absolute atomic E-state index is 17.4. The maximum atomic E-state index is 17.4. The molecule has 0 aliphatic carbocycles. The molecule has 0 bridgehead atoms. The molecule has 6 rings (SSSR count). The number of Topliss-reactive ketones (excluding diaryl/α,β-unsaturated/α-hetero) is 1. The van der Waals surface area contributed by atoms with Crippen LogP contribution in [0.4, 0.5) is 8.63 Å². The molecule has 3 aliphatic rings. The third-order valence-corrected chi connectivity index (χ3v) is 17.3. The number of ketones is 1. The van der Waals surface area contributed by atoms with Crippen LogP contribution in [0.2, 0.25) is 0 Å². The number of ether oxygens (including phenoxy) is 1. The fraction of sp³-hybridized carbons (Fsp3) is 0.576. The van der Waals surface area contributed by atoms with Crippen molar-refractivity contribution in [2.45, 2.75) is 148 Å². The lowest BCUT2D eigenvalue weighted by atomic mass is 9.88. The summed E-state index contributed by atoms with van der Waals surface area (Å²) in [6.45, 7) is 7.20. The second-order valence-electron chi connectivity index (χ2n) is 26.5. The average Bonchev–Trinajstić information content (AvgIpc) is 1.58. The third-order valence-electron chi connectivity index (χ3n) is 16.5. The second kappa shape index (κ2) is 33.0. The number of aryl methyl sites for hydroxylation is 2. The van der Waals surface area contributed by atoms with Gasteiger partial charge in [-0.15, -0.1) is 0 Å². The Morgan fingerprint density at radius 2 is 1.52 bits per heavy atom. The summed E-state index contributed by atoms with van der Waals surface area (Å²) in [5.74, 6) is -0.964. The van der Waals surface area contributed by atoms with Crippen molar-refractivity contribution in [2.75, 3.05) is 101 Å². The van der Waals surface area contributed by atoms with Gasteiger partial charge in [0, 0.05) is 72.9 Å². The van der Waals surface area contributed by atoms with Gasteiger partial charge in [0.2, 0.25) is 23.6 Å². The van der Waals surface area contributed by atoms with Crippen LogP contribution < -0.4 is 20.7 Å². The van der Waals surface area contributed by atoms with Crippen molar-refractivity contribution in [1.82, 2.24) is 35.2 Å². The molecule has 23 heteroatoms. The number of unbranched alkanes of at least 4 members (excludes halogenated alkanes) is 5. The lowest BCUT2D eigenvalue weighted by Crippen LogP contribution is -2.54. The molecule has 0 saturated carbocycles. The zero-order valence-corrected chi connectivity index (χ0v) is 55.3. The van der Waals surface area contributed by atoms with E-state index in [1.54, 1.807) is 54.6 Å². The van der Waals surface area contributed by atoms with Gasteiger partial charge in [-0.25, -0.2) is 0 Å². The molecule has 4 amide bonds. The first-order valence-electron chi connectivity index (χ1n) is 32.1. The number of aromatic nitrogens is 2. The lowest BCUT2D eigenvalue weighted by molar-refractivity contribution is -0.870. The van der Waals surface area contributed by atoms with E-state index in [0.29, 0.717) is 116 Å². The summed E-state index contributed by atoms with van der Waals surface area (Å²) >= 11 is 0. The standard InChI is InChI=1S/C66H99BF2N10O9S/c1-11-12-22-53-46-62(57-36-28-49(2)71-57)77-61(53)47-60-52(23-21-44-89(85,86)87)45-54(76(60)67(77,68)69)33-30-51-31-34-56(35-32-51)88-43-20-27-63(81)72-59(26-16-19-42-79(8,9)10)66(84)73-58(25-15-18-41-78(5,6)7)65(83)70-38-40-74(4)39-17-13-14-24-55(80)48-75-50(3)29-37-64(75)82/h28,30-36,45-47,58-59,71H,3,11-27,29,37-44,48H2,1-2,4-10H3,(H2-2,70,72,73,81,83,84,85,86,87)/p+2/b33-30+. The molecule has 5 heterocycles. The van der Waals surface area contributed by atoms with Crippen molar-refractivity contribution in [2.24, 2.45) is 0 Å². The zero-order valence-electron chi connectivity index (χ0n) is 54.4. The van der Waals surface area contributed by atoms with Gasteiger partial charge in [0.05, 0.1) is 74.3 Å². The largest absolute Gasteiger partial charge is 0.737 e. The number of fused-ring (bicyclic) bond motifs is 2. The number of benzene rings is 1. The first kappa shape index (κ1) is 71.5. The van der Waals surface area contributed by atoms with Crippen LogP contribution in [0.5, 0.6) is 5.75 Å². The van der Waals surface area contributed by atoms with Crippen molar-refractivity contribution < 1.29 is 63.8 Å². The maximum Gasteiger partial charge on any atom is 0.737 e. The van der Waals surface area contributed by atoms with Crippen molar-refractivity contribution in [3.8, 4) is 5.75 Å². The number of carbonyl (C=O) groups excluding carboxylic acids is 5. The molecule has 0 spiro atoms. The highest BCUT2D eigenvalue weighted by Gasteiger charge is 2.54. The smallest absolute Gasteiger partial charge is 0.494 e. The van der Waals surface area contributed by atoms with E-state index in [9.17, 15) is 36.9 Å². The number of amides is 4. The summed E-state index contributed by atoms with van der Waals surface area (Å²) in [5.41, 5.74) is 5.51. The molecule has 19 nitrogen and oxygen atoms in total. The first-order valence-corrected chi connectivity index (χ1v) is 33.7. The molecule has 1 fully saturated rings. The van der Waals surface area contributed by atoms with Gasteiger partial charge in [-0.3, -0.25) is 28.5 Å². The Hall–Kier alpha value is -6.53. The van der Waals surface area contributed by atoms with Crippen LogP contribution in [-0.4, -0.2) is 201 Å².